The SMILES string of the molecule is Cc1nnc(SCC(=O)Nc2c3ccccc3nc3ccccc23)n1C. The van der Waals surface area contributed by atoms with Crippen LogP contribution in [0.25, 0.3) is 21.8 Å². The van der Waals surface area contributed by atoms with Crippen LogP contribution in [-0.2, 0) is 11.8 Å². The van der Waals surface area contributed by atoms with Crippen LogP contribution in [0.2, 0.25) is 0 Å². The number of carbonyl (C=O) groups excluding carboxylic acids is 1. The highest BCUT2D eigenvalue weighted by Gasteiger charge is 2.13. The molecule has 0 spiro atoms. The number of benzene rings is 2. The summed E-state index contributed by atoms with van der Waals surface area (Å²) in [5.41, 5.74) is 2.52. The first-order valence-corrected chi connectivity index (χ1v) is 9.18. The Morgan fingerprint density at radius 1 is 1.04 bits per heavy atom. The van der Waals surface area contributed by atoms with Gasteiger partial charge in [0.15, 0.2) is 5.16 Å². The number of nitrogens with one attached hydrogen (secondary N) is 1. The number of hydrogen-bond donors (Lipinski definition) is 1. The molecule has 0 aliphatic rings. The van der Waals surface area contributed by atoms with Gasteiger partial charge in [0.25, 0.3) is 0 Å². The first-order chi connectivity index (χ1) is 12.6. The van der Waals surface area contributed by atoms with Gasteiger partial charge in [-0.25, -0.2) is 4.98 Å². The molecule has 0 aliphatic carbocycles. The quantitative estimate of drug-likeness (QED) is 0.443. The number of aromatic nitrogens is 4. The third kappa shape index (κ3) is 3.01. The van der Waals surface area contributed by atoms with Crippen molar-refractivity contribution in [3.05, 3.63) is 54.4 Å². The molecule has 4 rings (SSSR count). The molecule has 26 heavy (non-hydrogen) atoms. The highest BCUT2D eigenvalue weighted by molar-refractivity contribution is 7.99. The van der Waals surface area contributed by atoms with E-state index < -0.39 is 0 Å². The summed E-state index contributed by atoms with van der Waals surface area (Å²) in [4.78, 5) is 17.3. The fourth-order valence-electron chi connectivity index (χ4n) is 2.79. The fourth-order valence-corrected chi connectivity index (χ4v) is 3.55. The molecule has 0 radical (unpaired) electrons. The third-order valence-corrected chi connectivity index (χ3v) is 5.26. The first kappa shape index (κ1) is 16.5. The predicted octanol–water partition coefficient (Wildman–Crippen LogP) is 3.56. The van der Waals surface area contributed by atoms with Gasteiger partial charge in [-0.15, -0.1) is 10.2 Å². The van der Waals surface area contributed by atoms with Gasteiger partial charge in [0.05, 0.1) is 22.5 Å². The van der Waals surface area contributed by atoms with Gasteiger partial charge in [-0.2, -0.15) is 0 Å². The molecule has 2 heterocycles. The summed E-state index contributed by atoms with van der Waals surface area (Å²) in [5.74, 6) is 0.993. The molecular formula is C19H17N5OS. The fraction of sp³-hybridized carbons (Fsp3) is 0.158. The van der Waals surface area contributed by atoms with E-state index in [-0.39, 0.29) is 11.7 Å². The second-order valence-corrected chi connectivity index (χ2v) is 6.89. The van der Waals surface area contributed by atoms with E-state index in [1.807, 2.05) is 67.1 Å². The van der Waals surface area contributed by atoms with Gasteiger partial charge >= 0.3 is 0 Å². The van der Waals surface area contributed by atoms with Crippen molar-refractivity contribution in [2.45, 2.75) is 12.1 Å². The van der Waals surface area contributed by atoms with Crippen LogP contribution in [0.1, 0.15) is 5.82 Å². The minimum Gasteiger partial charge on any atom is -0.324 e. The zero-order valence-corrected chi connectivity index (χ0v) is 15.2. The van der Waals surface area contributed by atoms with Gasteiger partial charge in [0.1, 0.15) is 5.82 Å². The van der Waals surface area contributed by atoms with Crippen molar-refractivity contribution >= 4 is 45.2 Å². The number of aryl methyl sites for hydroxylation is 1. The normalized spacial score (nSPS) is 11.2. The average Bonchev–Trinajstić information content (AvgIpc) is 2.98. The Morgan fingerprint density at radius 3 is 2.23 bits per heavy atom. The molecule has 0 fully saturated rings. The second kappa shape index (κ2) is 6.76. The Hall–Kier alpha value is -2.93. The van der Waals surface area contributed by atoms with Crippen LogP contribution in [0.4, 0.5) is 5.69 Å². The summed E-state index contributed by atoms with van der Waals surface area (Å²) in [6.07, 6.45) is 0. The van der Waals surface area contributed by atoms with E-state index in [0.29, 0.717) is 0 Å². The zero-order valence-electron chi connectivity index (χ0n) is 14.4. The maximum atomic E-state index is 12.6. The van der Waals surface area contributed by atoms with Crippen LogP contribution >= 0.6 is 11.8 Å². The predicted molar refractivity (Wildman–Crippen MR) is 104 cm³/mol. The van der Waals surface area contributed by atoms with E-state index in [1.54, 1.807) is 0 Å². The van der Waals surface area contributed by atoms with Crippen molar-refractivity contribution in [2.75, 3.05) is 11.1 Å². The summed E-state index contributed by atoms with van der Waals surface area (Å²) in [6, 6.07) is 15.6. The van der Waals surface area contributed by atoms with Crippen molar-refractivity contribution in [1.82, 2.24) is 19.7 Å². The maximum absolute atomic E-state index is 12.6. The number of para-hydroxylation sites is 2. The van der Waals surface area contributed by atoms with Gasteiger partial charge in [0.2, 0.25) is 5.91 Å². The summed E-state index contributed by atoms with van der Waals surface area (Å²) < 4.78 is 1.87. The molecule has 0 bridgehead atoms. The van der Waals surface area contributed by atoms with Gasteiger partial charge in [-0.1, -0.05) is 48.2 Å². The smallest absolute Gasteiger partial charge is 0.234 e. The largest absolute Gasteiger partial charge is 0.324 e. The number of amides is 1. The molecule has 2 aromatic carbocycles. The molecule has 0 saturated carbocycles. The van der Waals surface area contributed by atoms with Crippen LogP contribution in [0.15, 0.2) is 53.7 Å². The number of nitrogens with zero attached hydrogens (tertiary/aromatic N) is 4. The molecule has 0 atom stereocenters. The topological polar surface area (TPSA) is 72.7 Å². The van der Waals surface area contributed by atoms with Crippen LogP contribution < -0.4 is 5.32 Å². The van der Waals surface area contributed by atoms with Crippen molar-refractivity contribution in [3.8, 4) is 0 Å². The molecule has 0 unspecified atom stereocenters. The Balaban J connectivity index is 1.65. The third-order valence-electron chi connectivity index (χ3n) is 4.24. The van der Waals surface area contributed by atoms with Crippen LogP contribution in [0.5, 0.6) is 0 Å². The maximum Gasteiger partial charge on any atom is 0.234 e. The van der Waals surface area contributed by atoms with E-state index in [2.05, 4.69) is 20.5 Å². The summed E-state index contributed by atoms with van der Waals surface area (Å²) in [6.45, 7) is 1.88. The van der Waals surface area contributed by atoms with E-state index in [0.717, 1.165) is 38.5 Å². The number of anilines is 1. The van der Waals surface area contributed by atoms with Gasteiger partial charge in [0, 0.05) is 17.8 Å². The molecule has 6 nitrogen and oxygen atoms in total. The minimum absolute atomic E-state index is 0.0860. The highest BCUT2D eigenvalue weighted by Crippen LogP contribution is 2.30. The standard InChI is InChI=1S/C19H17N5OS/c1-12-22-23-19(24(12)2)26-11-17(25)21-18-13-7-3-5-9-15(13)20-16-10-6-4-8-14(16)18/h3-10H,11H2,1-2H3,(H,20,21,25). The van der Waals surface area contributed by atoms with E-state index in [4.69, 9.17) is 0 Å². The summed E-state index contributed by atoms with van der Waals surface area (Å²) >= 11 is 1.37. The molecule has 0 saturated heterocycles. The Bertz CT molecular complexity index is 1070. The number of pyridine rings is 1. The molecule has 0 aliphatic heterocycles. The molecular weight excluding hydrogens is 346 g/mol. The first-order valence-electron chi connectivity index (χ1n) is 8.19. The van der Waals surface area contributed by atoms with Crippen LogP contribution in [-0.4, -0.2) is 31.4 Å². The monoisotopic (exact) mass is 363 g/mol. The molecule has 1 amide bonds. The van der Waals surface area contributed by atoms with Gasteiger partial charge in [-0.3, -0.25) is 4.79 Å². The molecule has 4 aromatic rings. The Labute approximate surface area is 154 Å². The van der Waals surface area contributed by atoms with Crippen molar-refractivity contribution < 1.29 is 4.79 Å². The molecule has 7 heteroatoms. The lowest BCUT2D eigenvalue weighted by Gasteiger charge is -2.12. The Morgan fingerprint density at radius 2 is 1.65 bits per heavy atom. The van der Waals surface area contributed by atoms with Crippen LogP contribution in [0.3, 0.4) is 0 Å². The van der Waals surface area contributed by atoms with Crippen molar-refractivity contribution in [2.24, 2.45) is 7.05 Å². The van der Waals surface area contributed by atoms with Gasteiger partial charge < -0.3 is 9.88 Å². The molecule has 130 valence electrons. The lowest BCUT2D eigenvalue weighted by Crippen LogP contribution is -2.15. The van der Waals surface area contributed by atoms with Crippen LogP contribution in [0, 0.1) is 6.92 Å². The van der Waals surface area contributed by atoms with Crippen molar-refractivity contribution in [3.63, 3.8) is 0 Å². The summed E-state index contributed by atoms with van der Waals surface area (Å²) in [5, 5.41) is 13.7. The summed E-state index contributed by atoms with van der Waals surface area (Å²) in [7, 11) is 1.89. The minimum atomic E-state index is -0.0860. The molecule has 1 N–H and O–H groups in total. The number of rotatable bonds is 4. The zero-order chi connectivity index (χ0) is 18.1. The van der Waals surface area contributed by atoms with Crippen molar-refractivity contribution in [1.29, 1.82) is 0 Å². The van der Waals surface area contributed by atoms with E-state index in [9.17, 15) is 4.79 Å². The second-order valence-electron chi connectivity index (χ2n) is 5.95. The van der Waals surface area contributed by atoms with Gasteiger partial charge in [-0.05, 0) is 19.1 Å². The number of thioether (sulfide) groups is 1. The molecule has 2 aromatic heterocycles. The average molecular weight is 363 g/mol. The van der Waals surface area contributed by atoms with E-state index >= 15 is 0 Å². The number of carbonyl (C=O) groups is 1. The number of hydrogen-bond acceptors (Lipinski definition) is 5. The number of fused-ring (bicyclic) bond motifs is 2. The lowest BCUT2D eigenvalue weighted by atomic mass is 10.1. The highest BCUT2D eigenvalue weighted by atomic mass is 32.2. The lowest BCUT2D eigenvalue weighted by molar-refractivity contribution is -0.113. The Kier molecular flexibility index (Phi) is 4.30. The van der Waals surface area contributed by atoms with E-state index in [1.165, 1.54) is 11.8 Å².